The van der Waals surface area contributed by atoms with Crippen molar-refractivity contribution in [1.29, 1.82) is 0 Å². The van der Waals surface area contributed by atoms with Crippen LogP contribution in [0.15, 0.2) is 59.8 Å². The number of rotatable bonds is 9. The summed E-state index contributed by atoms with van der Waals surface area (Å²) in [6.45, 7) is 5.07. The second-order valence-corrected chi connectivity index (χ2v) is 8.37. The summed E-state index contributed by atoms with van der Waals surface area (Å²) in [5.74, 6) is 0.498. The van der Waals surface area contributed by atoms with E-state index in [1.54, 1.807) is 12.1 Å². The first-order valence-electron chi connectivity index (χ1n) is 10.7. The average molecular weight is 456 g/mol. The van der Waals surface area contributed by atoms with E-state index in [9.17, 15) is 9.18 Å². The summed E-state index contributed by atoms with van der Waals surface area (Å²) in [6.07, 6.45) is 0.908. The molecule has 4 rings (SSSR count). The molecule has 0 aliphatic carbocycles. The number of carbonyl (C=O) groups is 1. The molecule has 168 valence electrons. The molecule has 32 heavy (non-hydrogen) atoms. The maximum absolute atomic E-state index is 13.4. The van der Waals surface area contributed by atoms with Crippen LogP contribution in [0.2, 0.25) is 0 Å². The first-order chi connectivity index (χ1) is 15.7. The number of hydrogen-bond acceptors (Lipinski definition) is 6. The van der Waals surface area contributed by atoms with E-state index in [2.05, 4.69) is 20.4 Å². The zero-order chi connectivity index (χ0) is 22.2. The number of halogens is 1. The zero-order valence-electron chi connectivity index (χ0n) is 17.7. The van der Waals surface area contributed by atoms with E-state index >= 15 is 0 Å². The van der Waals surface area contributed by atoms with Crippen LogP contribution in [0.1, 0.15) is 6.42 Å². The molecular weight excluding hydrogens is 429 g/mol. The summed E-state index contributed by atoms with van der Waals surface area (Å²) in [6, 6.07) is 15.8. The fourth-order valence-electron chi connectivity index (χ4n) is 3.50. The SMILES string of the molecule is O=C(CSc1nnc(-c2ccc(F)cc2)n1-c1ccccc1)NCCCN1CCOCC1. The van der Waals surface area contributed by atoms with Gasteiger partial charge in [0.25, 0.3) is 0 Å². The van der Waals surface area contributed by atoms with Crippen molar-refractivity contribution in [3.05, 3.63) is 60.4 Å². The minimum Gasteiger partial charge on any atom is -0.379 e. The number of nitrogens with one attached hydrogen (secondary N) is 1. The highest BCUT2D eigenvalue weighted by Gasteiger charge is 2.17. The molecule has 1 fully saturated rings. The Hall–Kier alpha value is -2.75. The normalized spacial score (nSPS) is 14.4. The monoisotopic (exact) mass is 455 g/mol. The third-order valence-corrected chi connectivity index (χ3v) is 6.09. The van der Waals surface area contributed by atoms with Gasteiger partial charge >= 0.3 is 0 Å². The fourth-order valence-corrected chi connectivity index (χ4v) is 4.28. The molecule has 1 aliphatic heterocycles. The van der Waals surface area contributed by atoms with Crippen molar-refractivity contribution >= 4 is 17.7 Å². The van der Waals surface area contributed by atoms with Crippen molar-refractivity contribution in [2.75, 3.05) is 45.1 Å². The lowest BCUT2D eigenvalue weighted by Crippen LogP contribution is -2.38. The van der Waals surface area contributed by atoms with Gasteiger partial charge in [-0.1, -0.05) is 30.0 Å². The molecule has 1 amide bonds. The minimum atomic E-state index is -0.306. The quantitative estimate of drug-likeness (QED) is 0.395. The number of morpholine rings is 1. The van der Waals surface area contributed by atoms with E-state index in [1.807, 2.05) is 34.9 Å². The van der Waals surface area contributed by atoms with Crippen LogP contribution < -0.4 is 5.32 Å². The van der Waals surface area contributed by atoms with Gasteiger partial charge in [-0.15, -0.1) is 10.2 Å². The number of aromatic nitrogens is 3. The molecule has 3 aromatic rings. The van der Waals surface area contributed by atoms with E-state index < -0.39 is 0 Å². The molecule has 0 unspecified atom stereocenters. The van der Waals surface area contributed by atoms with Crippen LogP contribution in [0.25, 0.3) is 17.1 Å². The Morgan fingerprint density at radius 1 is 1.06 bits per heavy atom. The van der Waals surface area contributed by atoms with Crippen LogP contribution in [0.5, 0.6) is 0 Å². The first-order valence-corrected chi connectivity index (χ1v) is 11.7. The molecule has 0 atom stereocenters. The van der Waals surface area contributed by atoms with E-state index in [4.69, 9.17) is 4.74 Å². The lowest BCUT2D eigenvalue weighted by atomic mass is 10.2. The van der Waals surface area contributed by atoms with E-state index in [1.165, 1.54) is 23.9 Å². The predicted octanol–water partition coefficient (Wildman–Crippen LogP) is 3.00. The number of carbonyl (C=O) groups excluding carboxylic acids is 1. The molecule has 1 N–H and O–H groups in total. The molecule has 2 aromatic carbocycles. The standard InChI is InChI=1S/C23H26FN5O2S/c24-19-9-7-18(8-10-19)22-26-27-23(29(22)20-5-2-1-3-6-20)32-17-21(30)25-11-4-12-28-13-15-31-16-14-28/h1-3,5-10H,4,11-17H2,(H,25,30). The highest BCUT2D eigenvalue weighted by molar-refractivity contribution is 7.99. The van der Waals surface area contributed by atoms with Gasteiger partial charge in [-0.05, 0) is 49.4 Å². The summed E-state index contributed by atoms with van der Waals surface area (Å²) < 4.78 is 20.6. The van der Waals surface area contributed by atoms with Crippen molar-refractivity contribution in [2.24, 2.45) is 0 Å². The molecule has 7 nitrogen and oxygen atoms in total. The van der Waals surface area contributed by atoms with Gasteiger partial charge in [-0.25, -0.2) is 4.39 Å². The topological polar surface area (TPSA) is 72.3 Å². The Kier molecular flexibility index (Phi) is 7.87. The van der Waals surface area contributed by atoms with Gasteiger partial charge < -0.3 is 10.1 Å². The van der Waals surface area contributed by atoms with Crippen molar-refractivity contribution in [3.8, 4) is 17.1 Å². The average Bonchev–Trinajstić information content (AvgIpc) is 3.26. The van der Waals surface area contributed by atoms with Gasteiger partial charge in [-0.2, -0.15) is 0 Å². The Morgan fingerprint density at radius 3 is 2.56 bits per heavy atom. The number of para-hydroxylation sites is 1. The van der Waals surface area contributed by atoms with Crippen LogP contribution in [-0.4, -0.2) is 70.7 Å². The maximum atomic E-state index is 13.4. The second-order valence-electron chi connectivity index (χ2n) is 7.43. The molecule has 0 radical (unpaired) electrons. The molecule has 9 heteroatoms. The van der Waals surface area contributed by atoms with Crippen LogP contribution in [-0.2, 0) is 9.53 Å². The fraction of sp³-hybridized carbons (Fsp3) is 0.348. The van der Waals surface area contributed by atoms with E-state index in [-0.39, 0.29) is 17.5 Å². The van der Waals surface area contributed by atoms with Crippen LogP contribution in [0.4, 0.5) is 4.39 Å². The number of ether oxygens (including phenoxy) is 1. The Balaban J connectivity index is 1.37. The smallest absolute Gasteiger partial charge is 0.230 e. The van der Waals surface area contributed by atoms with Crippen LogP contribution in [0, 0.1) is 5.82 Å². The van der Waals surface area contributed by atoms with E-state index in [0.29, 0.717) is 17.5 Å². The van der Waals surface area contributed by atoms with Crippen molar-refractivity contribution in [2.45, 2.75) is 11.6 Å². The van der Waals surface area contributed by atoms with Gasteiger partial charge in [0.05, 0.1) is 19.0 Å². The molecule has 0 saturated carbocycles. The molecule has 0 spiro atoms. The molecule has 1 aromatic heterocycles. The lowest BCUT2D eigenvalue weighted by molar-refractivity contribution is -0.118. The Labute approximate surface area is 191 Å². The molecule has 1 aliphatic rings. The molecular formula is C23H26FN5O2S. The van der Waals surface area contributed by atoms with Gasteiger partial charge in [0.15, 0.2) is 11.0 Å². The summed E-state index contributed by atoms with van der Waals surface area (Å²) in [7, 11) is 0. The Morgan fingerprint density at radius 2 is 1.81 bits per heavy atom. The van der Waals surface area contributed by atoms with Gasteiger partial charge in [-0.3, -0.25) is 14.3 Å². The van der Waals surface area contributed by atoms with Gasteiger partial charge in [0, 0.05) is 30.9 Å². The van der Waals surface area contributed by atoms with Crippen LogP contribution >= 0.6 is 11.8 Å². The number of amides is 1. The van der Waals surface area contributed by atoms with Crippen LogP contribution in [0.3, 0.4) is 0 Å². The molecule has 2 heterocycles. The second kappa shape index (κ2) is 11.2. The van der Waals surface area contributed by atoms with E-state index in [0.717, 1.165) is 50.5 Å². The molecule has 0 bridgehead atoms. The summed E-state index contributed by atoms with van der Waals surface area (Å²) in [4.78, 5) is 14.7. The minimum absolute atomic E-state index is 0.0390. The third kappa shape index (κ3) is 5.93. The maximum Gasteiger partial charge on any atom is 0.230 e. The summed E-state index contributed by atoms with van der Waals surface area (Å²) in [5.41, 5.74) is 1.63. The number of benzene rings is 2. The van der Waals surface area contributed by atoms with Crippen molar-refractivity contribution in [3.63, 3.8) is 0 Å². The Bertz CT molecular complexity index is 1010. The largest absolute Gasteiger partial charge is 0.379 e. The highest BCUT2D eigenvalue weighted by atomic mass is 32.2. The lowest BCUT2D eigenvalue weighted by Gasteiger charge is -2.26. The number of nitrogens with zero attached hydrogens (tertiary/aromatic N) is 4. The number of thioether (sulfide) groups is 1. The van der Waals surface area contributed by atoms with Gasteiger partial charge in [0.1, 0.15) is 5.82 Å². The predicted molar refractivity (Wildman–Crippen MR) is 122 cm³/mol. The van der Waals surface area contributed by atoms with Gasteiger partial charge in [0.2, 0.25) is 5.91 Å². The number of hydrogen-bond donors (Lipinski definition) is 1. The third-order valence-electron chi connectivity index (χ3n) is 5.16. The molecule has 1 saturated heterocycles. The zero-order valence-corrected chi connectivity index (χ0v) is 18.6. The summed E-state index contributed by atoms with van der Waals surface area (Å²) in [5, 5.41) is 12.2. The van der Waals surface area contributed by atoms with Crippen molar-refractivity contribution < 1.29 is 13.9 Å². The summed E-state index contributed by atoms with van der Waals surface area (Å²) >= 11 is 1.33. The van der Waals surface area contributed by atoms with Crippen molar-refractivity contribution in [1.82, 2.24) is 25.0 Å². The highest BCUT2D eigenvalue weighted by Crippen LogP contribution is 2.28. The first kappa shape index (κ1) is 22.4.